The fraction of sp³-hybridized carbons (Fsp3) is 0.0667. The smallest absolute Gasteiger partial charge is 0.339 e. The Hall–Kier alpha value is -2.40. The van der Waals surface area contributed by atoms with E-state index in [4.69, 9.17) is 4.74 Å². The van der Waals surface area contributed by atoms with Crippen LogP contribution < -0.4 is 0 Å². The summed E-state index contributed by atoms with van der Waals surface area (Å²) in [6.45, 7) is 0. The average Bonchev–Trinajstić information content (AvgIpc) is 2.83. The number of carbonyl (C=O) groups is 2. The zero-order chi connectivity index (χ0) is 14.3. The molecule has 1 N–H and O–H groups in total. The Labute approximate surface area is 118 Å². The predicted octanol–water partition coefficient (Wildman–Crippen LogP) is 3.54. The van der Waals surface area contributed by atoms with E-state index in [0.717, 1.165) is 14.8 Å². The monoisotopic (exact) mass is 286 g/mol. The first kappa shape index (κ1) is 12.6. The Morgan fingerprint density at radius 2 is 1.85 bits per heavy atom. The Morgan fingerprint density at radius 1 is 1.10 bits per heavy atom. The molecule has 2 aromatic carbocycles. The highest BCUT2D eigenvalue weighted by atomic mass is 32.1. The van der Waals surface area contributed by atoms with Gasteiger partial charge in [0, 0.05) is 20.2 Å². The highest BCUT2D eigenvalue weighted by molar-refractivity contribution is 7.25. The number of carboxylic acid groups (broad SMARTS) is 1. The Morgan fingerprint density at radius 3 is 2.55 bits per heavy atom. The molecule has 0 radical (unpaired) electrons. The molecular weight excluding hydrogens is 276 g/mol. The number of ether oxygens (including phenoxy) is 1. The van der Waals surface area contributed by atoms with Crippen molar-refractivity contribution in [1.82, 2.24) is 0 Å². The molecule has 3 rings (SSSR count). The lowest BCUT2D eigenvalue weighted by atomic mass is 10.0. The zero-order valence-electron chi connectivity index (χ0n) is 10.5. The molecule has 20 heavy (non-hydrogen) atoms. The number of fused-ring (bicyclic) bond motifs is 3. The second kappa shape index (κ2) is 4.61. The number of hydrogen-bond donors (Lipinski definition) is 1. The van der Waals surface area contributed by atoms with E-state index in [0.29, 0.717) is 5.39 Å². The van der Waals surface area contributed by atoms with Crippen molar-refractivity contribution in [2.24, 2.45) is 0 Å². The molecule has 0 spiro atoms. The molecule has 0 unspecified atom stereocenters. The van der Waals surface area contributed by atoms with E-state index in [-0.39, 0.29) is 11.1 Å². The van der Waals surface area contributed by atoms with Crippen LogP contribution in [0.4, 0.5) is 0 Å². The van der Waals surface area contributed by atoms with Crippen LogP contribution in [0.15, 0.2) is 36.4 Å². The summed E-state index contributed by atoms with van der Waals surface area (Å²) in [4.78, 5) is 23.4. The number of thiophene rings is 1. The van der Waals surface area contributed by atoms with Gasteiger partial charge in [-0.25, -0.2) is 9.59 Å². The van der Waals surface area contributed by atoms with E-state index in [9.17, 15) is 14.7 Å². The van der Waals surface area contributed by atoms with E-state index in [2.05, 4.69) is 0 Å². The zero-order valence-corrected chi connectivity index (χ0v) is 11.4. The highest BCUT2D eigenvalue weighted by Crippen LogP contribution is 2.37. The number of carboxylic acids is 1. The molecule has 4 nitrogen and oxygen atoms in total. The van der Waals surface area contributed by atoms with Crippen LogP contribution in [0.5, 0.6) is 0 Å². The summed E-state index contributed by atoms with van der Waals surface area (Å²) >= 11 is 1.52. The maximum atomic E-state index is 12.0. The maximum Gasteiger partial charge on any atom is 0.339 e. The second-order valence-electron chi connectivity index (χ2n) is 4.26. The fourth-order valence-electron chi connectivity index (χ4n) is 2.31. The summed E-state index contributed by atoms with van der Waals surface area (Å²) in [6, 6.07) is 10.8. The third-order valence-corrected chi connectivity index (χ3v) is 4.30. The summed E-state index contributed by atoms with van der Waals surface area (Å²) in [5, 5.41) is 10.8. The lowest BCUT2D eigenvalue weighted by molar-refractivity contribution is 0.0585. The Kier molecular flexibility index (Phi) is 2.91. The summed E-state index contributed by atoms with van der Waals surface area (Å²) in [7, 11) is 1.25. The summed E-state index contributed by atoms with van der Waals surface area (Å²) in [5.74, 6) is -1.76. The van der Waals surface area contributed by atoms with E-state index in [1.165, 1.54) is 24.5 Å². The van der Waals surface area contributed by atoms with Crippen LogP contribution >= 0.6 is 11.3 Å². The quantitative estimate of drug-likeness (QED) is 0.732. The standard InChI is InChI=1S/C15H10O4S/c1-19-15(18)13-9(14(16)17)6-7-11-12(13)8-4-2-3-5-10(8)20-11/h2-7H,1H3,(H,16,17). The van der Waals surface area contributed by atoms with Gasteiger partial charge in [0.05, 0.1) is 18.2 Å². The molecule has 0 aliphatic carbocycles. The summed E-state index contributed by atoms with van der Waals surface area (Å²) < 4.78 is 6.64. The van der Waals surface area contributed by atoms with Crippen LogP contribution in [0.2, 0.25) is 0 Å². The number of methoxy groups -OCH3 is 1. The molecule has 1 aromatic heterocycles. The van der Waals surface area contributed by atoms with Gasteiger partial charge in [-0.15, -0.1) is 11.3 Å². The molecule has 0 bridgehead atoms. The third kappa shape index (κ3) is 1.75. The van der Waals surface area contributed by atoms with Gasteiger partial charge in [-0.05, 0) is 18.2 Å². The van der Waals surface area contributed by atoms with Gasteiger partial charge in [-0.2, -0.15) is 0 Å². The van der Waals surface area contributed by atoms with Crippen molar-refractivity contribution in [2.75, 3.05) is 7.11 Å². The largest absolute Gasteiger partial charge is 0.478 e. The number of rotatable bonds is 2. The third-order valence-electron chi connectivity index (χ3n) is 3.16. The molecular formula is C15H10O4S. The van der Waals surface area contributed by atoms with Gasteiger partial charge in [0.1, 0.15) is 0 Å². The normalized spacial score (nSPS) is 10.8. The van der Waals surface area contributed by atoms with Crippen molar-refractivity contribution in [3.8, 4) is 0 Å². The van der Waals surface area contributed by atoms with E-state index in [1.54, 1.807) is 6.07 Å². The van der Waals surface area contributed by atoms with Gasteiger partial charge in [0.15, 0.2) is 0 Å². The van der Waals surface area contributed by atoms with Crippen LogP contribution in [0.3, 0.4) is 0 Å². The minimum absolute atomic E-state index is 0.0343. The van der Waals surface area contributed by atoms with Crippen LogP contribution in [0, 0.1) is 0 Å². The van der Waals surface area contributed by atoms with E-state index < -0.39 is 11.9 Å². The maximum absolute atomic E-state index is 12.0. The Balaban J connectivity index is 2.53. The van der Waals surface area contributed by atoms with Gasteiger partial charge in [0.25, 0.3) is 0 Å². The summed E-state index contributed by atoms with van der Waals surface area (Å²) in [5.41, 5.74) is 0.0860. The van der Waals surface area contributed by atoms with Gasteiger partial charge in [-0.1, -0.05) is 18.2 Å². The average molecular weight is 286 g/mol. The first-order chi connectivity index (χ1) is 9.63. The van der Waals surface area contributed by atoms with Gasteiger partial charge in [0.2, 0.25) is 0 Å². The first-order valence-electron chi connectivity index (χ1n) is 5.89. The van der Waals surface area contributed by atoms with Crippen molar-refractivity contribution in [3.63, 3.8) is 0 Å². The van der Waals surface area contributed by atoms with Crippen molar-refractivity contribution < 1.29 is 19.4 Å². The van der Waals surface area contributed by atoms with Gasteiger partial charge < -0.3 is 9.84 Å². The van der Waals surface area contributed by atoms with Crippen molar-refractivity contribution in [1.29, 1.82) is 0 Å². The van der Waals surface area contributed by atoms with Crippen LogP contribution in [0.25, 0.3) is 20.2 Å². The van der Waals surface area contributed by atoms with Crippen LogP contribution in [0.1, 0.15) is 20.7 Å². The minimum Gasteiger partial charge on any atom is -0.478 e. The molecule has 0 amide bonds. The molecule has 100 valence electrons. The SMILES string of the molecule is COC(=O)c1c(C(=O)O)ccc2sc3ccccc3c12. The molecule has 0 aliphatic rings. The lowest BCUT2D eigenvalue weighted by Gasteiger charge is -2.06. The molecule has 5 heteroatoms. The topological polar surface area (TPSA) is 63.6 Å². The van der Waals surface area contributed by atoms with Crippen molar-refractivity contribution >= 4 is 43.4 Å². The Bertz CT molecular complexity index is 848. The van der Waals surface area contributed by atoms with Crippen molar-refractivity contribution in [3.05, 3.63) is 47.5 Å². The number of benzene rings is 2. The fourth-order valence-corrected chi connectivity index (χ4v) is 3.42. The molecule has 3 aromatic rings. The van der Waals surface area contributed by atoms with Crippen LogP contribution in [-0.2, 0) is 4.74 Å². The first-order valence-corrected chi connectivity index (χ1v) is 6.71. The highest BCUT2D eigenvalue weighted by Gasteiger charge is 2.22. The molecule has 0 saturated carbocycles. The van der Waals surface area contributed by atoms with Crippen molar-refractivity contribution in [2.45, 2.75) is 0 Å². The number of hydrogen-bond acceptors (Lipinski definition) is 4. The molecule has 0 aliphatic heterocycles. The molecule has 0 atom stereocenters. The van der Waals surface area contributed by atoms with Gasteiger partial charge in [-0.3, -0.25) is 0 Å². The predicted molar refractivity (Wildman–Crippen MR) is 77.6 cm³/mol. The molecule has 0 fully saturated rings. The number of esters is 1. The lowest BCUT2D eigenvalue weighted by Crippen LogP contribution is -2.10. The second-order valence-corrected chi connectivity index (χ2v) is 5.34. The molecule has 0 saturated heterocycles. The van der Waals surface area contributed by atoms with Gasteiger partial charge >= 0.3 is 11.9 Å². The van der Waals surface area contributed by atoms with E-state index >= 15 is 0 Å². The number of carbonyl (C=O) groups excluding carboxylic acids is 1. The number of aromatic carboxylic acids is 1. The summed E-state index contributed by atoms with van der Waals surface area (Å²) in [6.07, 6.45) is 0. The minimum atomic E-state index is -1.14. The molecule has 1 heterocycles. The van der Waals surface area contributed by atoms with E-state index in [1.807, 2.05) is 24.3 Å². The van der Waals surface area contributed by atoms with Crippen LogP contribution in [-0.4, -0.2) is 24.2 Å².